The number of amides is 1. The highest BCUT2D eigenvalue weighted by atomic mass is 35.5. The van der Waals surface area contributed by atoms with E-state index in [1.807, 2.05) is 24.3 Å². The molecule has 1 amide bonds. The van der Waals surface area contributed by atoms with Gasteiger partial charge in [0.25, 0.3) is 0 Å². The lowest BCUT2D eigenvalue weighted by molar-refractivity contribution is -0.116. The number of nitrogens with zero attached hydrogens (tertiary/aromatic N) is 1. The van der Waals surface area contributed by atoms with Crippen molar-refractivity contribution < 1.29 is 13.9 Å². The molecule has 5 heteroatoms. The Bertz CT molecular complexity index is 616. The molecule has 0 aliphatic heterocycles. The molecule has 0 bridgehead atoms. The molecule has 0 heterocycles. The first-order chi connectivity index (χ1) is 10.2. The van der Waals surface area contributed by atoms with Gasteiger partial charge in [0.2, 0.25) is 5.91 Å². The van der Waals surface area contributed by atoms with Crippen LogP contribution in [0.3, 0.4) is 0 Å². The summed E-state index contributed by atoms with van der Waals surface area (Å²) in [5.41, 5.74) is 1.44. The van der Waals surface area contributed by atoms with Crippen LogP contribution in [0.4, 0.5) is 10.1 Å². The van der Waals surface area contributed by atoms with Crippen molar-refractivity contribution in [3.05, 3.63) is 59.9 Å². The molecule has 2 aromatic rings. The average molecular weight is 308 g/mol. The van der Waals surface area contributed by atoms with E-state index in [0.29, 0.717) is 18.0 Å². The predicted molar refractivity (Wildman–Crippen MR) is 81.3 cm³/mol. The van der Waals surface area contributed by atoms with Crippen LogP contribution in [0.2, 0.25) is 0 Å². The summed E-state index contributed by atoms with van der Waals surface area (Å²) in [6.07, 6.45) is 0. The van der Waals surface area contributed by atoms with Crippen molar-refractivity contribution >= 4 is 23.2 Å². The monoisotopic (exact) mass is 307 g/mol. The maximum Gasteiger partial charge on any atom is 0.242 e. The summed E-state index contributed by atoms with van der Waals surface area (Å²) >= 11 is 5.67. The van der Waals surface area contributed by atoms with Gasteiger partial charge in [-0.3, -0.25) is 4.79 Å². The molecule has 0 saturated carbocycles. The molecule has 21 heavy (non-hydrogen) atoms. The number of hydrogen-bond acceptors (Lipinski definition) is 2. The Morgan fingerprint density at radius 3 is 2.48 bits per heavy atom. The second-order valence-electron chi connectivity index (χ2n) is 4.40. The van der Waals surface area contributed by atoms with Gasteiger partial charge in [0.05, 0.1) is 13.7 Å². The minimum Gasteiger partial charge on any atom is -0.496 e. The van der Waals surface area contributed by atoms with E-state index in [4.69, 9.17) is 16.3 Å². The van der Waals surface area contributed by atoms with Crippen LogP contribution >= 0.6 is 11.6 Å². The highest BCUT2D eigenvalue weighted by Crippen LogP contribution is 2.23. The molecule has 0 aromatic heterocycles. The van der Waals surface area contributed by atoms with Crippen LogP contribution in [0.5, 0.6) is 5.75 Å². The highest BCUT2D eigenvalue weighted by Gasteiger charge is 2.17. The van der Waals surface area contributed by atoms with Gasteiger partial charge in [0, 0.05) is 11.3 Å². The van der Waals surface area contributed by atoms with Crippen molar-refractivity contribution in [3.8, 4) is 5.75 Å². The van der Waals surface area contributed by atoms with Crippen LogP contribution in [0.15, 0.2) is 48.5 Å². The van der Waals surface area contributed by atoms with Crippen LogP contribution < -0.4 is 9.64 Å². The van der Waals surface area contributed by atoms with E-state index in [0.717, 1.165) is 5.56 Å². The highest BCUT2D eigenvalue weighted by molar-refractivity contribution is 6.29. The molecule has 0 N–H and O–H groups in total. The molecule has 2 aromatic carbocycles. The molecule has 0 fully saturated rings. The Hall–Kier alpha value is -2.07. The van der Waals surface area contributed by atoms with Crippen molar-refractivity contribution in [2.24, 2.45) is 0 Å². The number of carbonyl (C=O) groups excluding carboxylic acids is 1. The summed E-state index contributed by atoms with van der Waals surface area (Å²) in [4.78, 5) is 13.6. The number of benzene rings is 2. The number of hydrogen-bond donors (Lipinski definition) is 0. The van der Waals surface area contributed by atoms with Gasteiger partial charge in [-0.2, -0.15) is 0 Å². The number of methoxy groups -OCH3 is 1. The number of alkyl halides is 1. The lowest BCUT2D eigenvalue weighted by Crippen LogP contribution is -2.31. The Labute approximate surface area is 127 Å². The minimum atomic E-state index is -0.352. The third-order valence-corrected chi connectivity index (χ3v) is 3.30. The number of para-hydroxylation sites is 1. The van der Waals surface area contributed by atoms with Gasteiger partial charge in [-0.25, -0.2) is 4.39 Å². The van der Waals surface area contributed by atoms with E-state index >= 15 is 0 Å². The normalized spacial score (nSPS) is 10.2. The summed E-state index contributed by atoms with van der Waals surface area (Å²) in [6, 6.07) is 13.1. The quantitative estimate of drug-likeness (QED) is 0.790. The van der Waals surface area contributed by atoms with E-state index in [1.54, 1.807) is 19.2 Å². The Balaban J connectivity index is 2.33. The maximum atomic E-state index is 13.0. The number of halogens is 2. The minimum absolute atomic E-state index is 0.146. The number of ether oxygens (including phenoxy) is 1. The second-order valence-corrected chi connectivity index (χ2v) is 4.67. The zero-order valence-corrected chi connectivity index (χ0v) is 12.3. The lowest BCUT2D eigenvalue weighted by atomic mass is 10.1. The molecule has 0 aliphatic carbocycles. The van der Waals surface area contributed by atoms with Gasteiger partial charge >= 0.3 is 0 Å². The number of carbonyl (C=O) groups is 1. The van der Waals surface area contributed by atoms with Gasteiger partial charge in [-0.1, -0.05) is 18.2 Å². The molecule has 0 unspecified atom stereocenters. The second kappa shape index (κ2) is 7.09. The molecule has 0 radical (unpaired) electrons. The Kier molecular flexibility index (Phi) is 5.17. The lowest BCUT2D eigenvalue weighted by Gasteiger charge is -2.23. The van der Waals surface area contributed by atoms with Gasteiger partial charge in [0.1, 0.15) is 17.4 Å². The Morgan fingerprint density at radius 2 is 1.86 bits per heavy atom. The van der Waals surface area contributed by atoms with Crippen molar-refractivity contribution in [2.45, 2.75) is 6.54 Å². The van der Waals surface area contributed by atoms with Crippen LogP contribution in [0.1, 0.15) is 5.56 Å². The average Bonchev–Trinajstić information content (AvgIpc) is 2.53. The molecule has 110 valence electrons. The number of rotatable bonds is 5. The summed E-state index contributed by atoms with van der Waals surface area (Å²) < 4.78 is 18.3. The largest absolute Gasteiger partial charge is 0.496 e. The van der Waals surface area contributed by atoms with Crippen LogP contribution in [-0.4, -0.2) is 18.9 Å². The van der Waals surface area contributed by atoms with E-state index in [9.17, 15) is 9.18 Å². The van der Waals surface area contributed by atoms with E-state index in [1.165, 1.54) is 17.0 Å². The molecular formula is C16H15ClFNO2. The zero-order chi connectivity index (χ0) is 15.2. The Morgan fingerprint density at radius 1 is 1.19 bits per heavy atom. The molecule has 0 atom stereocenters. The van der Waals surface area contributed by atoms with Crippen LogP contribution in [0, 0.1) is 5.82 Å². The summed E-state index contributed by atoms with van der Waals surface area (Å²) in [6.45, 7) is 0.307. The molecular weight excluding hydrogens is 293 g/mol. The fourth-order valence-electron chi connectivity index (χ4n) is 2.02. The first-order valence-corrected chi connectivity index (χ1v) is 6.93. The number of anilines is 1. The fraction of sp³-hybridized carbons (Fsp3) is 0.188. The first-order valence-electron chi connectivity index (χ1n) is 6.39. The van der Waals surface area contributed by atoms with Crippen molar-refractivity contribution in [3.63, 3.8) is 0 Å². The zero-order valence-electron chi connectivity index (χ0n) is 11.6. The van der Waals surface area contributed by atoms with Crippen molar-refractivity contribution in [1.82, 2.24) is 0 Å². The smallest absolute Gasteiger partial charge is 0.242 e. The summed E-state index contributed by atoms with van der Waals surface area (Å²) in [5.74, 6) is -0.0672. The van der Waals surface area contributed by atoms with E-state index < -0.39 is 0 Å². The summed E-state index contributed by atoms with van der Waals surface area (Å²) in [5, 5.41) is 0. The topological polar surface area (TPSA) is 29.5 Å². The van der Waals surface area contributed by atoms with E-state index in [2.05, 4.69) is 0 Å². The van der Waals surface area contributed by atoms with Crippen molar-refractivity contribution in [2.75, 3.05) is 17.9 Å². The molecule has 3 nitrogen and oxygen atoms in total. The first kappa shape index (κ1) is 15.3. The molecule has 0 aliphatic rings. The van der Waals surface area contributed by atoms with Gasteiger partial charge in [-0.15, -0.1) is 11.6 Å². The SMILES string of the molecule is COc1ccccc1CN(C(=O)CCl)c1ccc(F)cc1. The molecule has 2 rings (SSSR count). The molecule has 0 spiro atoms. The maximum absolute atomic E-state index is 13.0. The molecule has 0 saturated heterocycles. The summed E-state index contributed by atoms with van der Waals surface area (Å²) in [7, 11) is 1.57. The fourth-order valence-corrected chi connectivity index (χ4v) is 2.16. The standard InChI is InChI=1S/C16H15ClFNO2/c1-21-15-5-3-2-4-12(15)11-19(16(20)10-17)14-8-6-13(18)7-9-14/h2-9H,10-11H2,1H3. The van der Waals surface area contributed by atoms with E-state index in [-0.39, 0.29) is 17.6 Å². The third-order valence-electron chi connectivity index (χ3n) is 3.07. The predicted octanol–water partition coefficient (Wildman–Crippen LogP) is 3.61. The van der Waals surface area contributed by atoms with Gasteiger partial charge < -0.3 is 9.64 Å². The van der Waals surface area contributed by atoms with Crippen molar-refractivity contribution in [1.29, 1.82) is 0 Å². The van der Waals surface area contributed by atoms with Gasteiger partial charge in [-0.05, 0) is 30.3 Å². The van der Waals surface area contributed by atoms with Gasteiger partial charge in [0.15, 0.2) is 0 Å². The third kappa shape index (κ3) is 3.73. The van der Waals surface area contributed by atoms with Crippen LogP contribution in [-0.2, 0) is 11.3 Å². The van der Waals surface area contributed by atoms with Crippen LogP contribution in [0.25, 0.3) is 0 Å².